The van der Waals surface area contributed by atoms with Gasteiger partial charge in [-0.3, -0.25) is 0 Å². The highest BCUT2D eigenvalue weighted by Crippen LogP contribution is 2.25. The molecule has 4 heteroatoms. The van der Waals surface area contributed by atoms with Crippen molar-refractivity contribution in [2.45, 2.75) is 135 Å². The Morgan fingerprint density at radius 2 is 1.09 bits per heavy atom. The van der Waals surface area contributed by atoms with Gasteiger partial charge in [-0.1, -0.05) is 135 Å². The maximum absolute atomic E-state index is 11.7. The zero-order valence-corrected chi connectivity index (χ0v) is 22.4. The fourth-order valence-electron chi connectivity index (χ4n) is 4.39. The summed E-state index contributed by atoms with van der Waals surface area (Å²) in [4.78, 5) is 11.7. The Kier molecular flexibility index (Phi) is 20.0. The van der Waals surface area contributed by atoms with Crippen molar-refractivity contribution in [3.63, 3.8) is 0 Å². The molecule has 1 rings (SSSR count). The zero-order valence-electron chi connectivity index (χ0n) is 22.4. The molecule has 0 amide bonds. The van der Waals surface area contributed by atoms with Crippen LogP contribution in [-0.4, -0.2) is 22.8 Å². The van der Waals surface area contributed by atoms with Gasteiger partial charge in [-0.15, -0.1) is 0 Å². The quantitative estimate of drug-likeness (QED) is 0.0696. The van der Waals surface area contributed by atoms with Crippen LogP contribution in [0.25, 0.3) is 6.08 Å². The molecule has 4 nitrogen and oxygen atoms in total. The molecule has 0 heterocycles. The van der Waals surface area contributed by atoms with Crippen molar-refractivity contribution < 1.29 is 19.7 Å². The zero-order chi connectivity index (χ0) is 25.4. The lowest BCUT2D eigenvalue weighted by atomic mass is 10.0. The topological polar surface area (TPSA) is 66.8 Å². The van der Waals surface area contributed by atoms with Crippen molar-refractivity contribution in [3.8, 4) is 11.5 Å². The van der Waals surface area contributed by atoms with E-state index in [0.29, 0.717) is 12.2 Å². The summed E-state index contributed by atoms with van der Waals surface area (Å²) in [5.74, 6) is -0.760. The van der Waals surface area contributed by atoms with Crippen LogP contribution in [0.15, 0.2) is 24.3 Å². The van der Waals surface area contributed by atoms with Crippen LogP contribution in [-0.2, 0) is 9.53 Å². The average molecular weight is 489 g/mol. The van der Waals surface area contributed by atoms with E-state index in [9.17, 15) is 15.0 Å². The summed E-state index contributed by atoms with van der Waals surface area (Å²) in [6.45, 7) is 2.73. The molecule has 2 N–H and O–H groups in total. The Hall–Kier alpha value is -1.97. The number of hydrogen-bond donors (Lipinski definition) is 2. The predicted molar refractivity (Wildman–Crippen MR) is 148 cm³/mol. The second-order valence-electron chi connectivity index (χ2n) is 9.97. The molecule has 0 saturated heterocycles. The minimum Gasteiger partial charge on any atom is -0.504 e. The van der Waals surface area contributed by atoms with Gasteiger partial charge in [-0.05, 0) is 30.2 Å². The normalized spacial score (nSPS) is 11.3. The third kappa shape index (κ3) is 19.0. The van der Waals surface area contributed by atoms with Gasteiger partial charge in [0.05, 0.1) is 6.61 Å². The highest BCUT2D eigenvalue weighted by molar-refractivity contribution is 5.87. The van der Waals surface area contributed by atoms with E-state index in [0.717, 1.165) is 12.8 Å². The number of benzene rings is 1. The lowest BCUT2D eigenvalue weighted by molar-refractivity contribution is -0.137. The van der Waals surface area contributed by atoms with Gasteiger partial charge in [0.25, 0.3) is 0 Å². The maximum atomic E-state index is 11.7. The molecule has 1 aromatic rings. The van der Waals surface area contributed by atoms with Crippen LogP contribution < -0.4 is 0 Å². The minimum atomic E-state index is -0.379. The van der Waals surface area contributed by atoms with Crippen molar-refractivity contribution in [3.05, 3.63) is 29.8 Å². The number of aromatic hydroxyl groups is 2. The first-order valence-electron chi connectivity index (χ1n) is 14.5. The molecule has 0 aromatic heterocycles. The second kappa shape index (κ2) is 22.5. The third-order valence-corrected chi connectivity index (χ3v) is 6.65. The summed E-state index contributed by atoms with van der Waals surface area (Å²) >= 11 is 0. The van der Waals surface area contributed by atoms with Crippen molar-refractivity contribution in [2.75, 3.05) is 6.61 Å². The molecule has 0 aliphatic carbocycles. The average Bonchev–Trinajstić information content (AvgIpc) is 2.85. The van der Waals surface area contributed by atoms with Crippen LogP contribution in [0.2, 0.25) is 0 Å². The summed E-state index contributed by atoms with van der Waals surface area (Å²) in [5.41, 5.74) is 0.635. The first-order chi connectivity index (χ1) is 17.1. The first-order valence-corrected chi connectivity index (χ1v) is 14.5. The number of carbonyl (C=O) groups is 1. The number of unbranched alkanes of at least 4 members (excludes halogenated alkanes) is 19. The van der Waals surface area contributed by atoms with E-state index in [4.69, 9.17) is 4.74 Å². The van der Waals surface area contributed by atoms with Crippen LogP contribution in [0.3, 0.4) is 0 Å². The van der Waals surface area contributed by atoms with E-state index in [1.54, 1.807) is 12.1 Å². The molecule has 0 unspecified atom stereocenters. The molecule has 1 aromatic carbocycles. The number of phenols is 2. The molecule has 0 bridgehead atoms. The number of hydrogen-bond acceptors (Lipinski definition) is 4. The van der Waals surface area contributed by atoms with Crippen molar-refractivity contribution in [1.29, 1.82) is 0 Å². The van der Waals surface area contributed by atoms with E-state index in [-0.39, 0.29) is 17.5 Å². The minimum absolute atomic E-state index is 0.177. The highest BCUT2D eigenvalue weighted by Gasteiger charge is 2.01. The number of esters is 1. The Bertz CT molecular complexity index is 668. The number of phenolic OH excluding ortho intramolecular Hbond substituents is 2. The lowest BCUT2D eigenvalue weighted by Gasteiger charge is -2.04. The molecule has 0 aliphatic heterocycles. The van der Waals surface area contributed by atoms with Gasteiger partial charge >= 0.3 is 5.97 Å². The maximum Gasteiger partial charge on any atom is 0.330 e. The fraction of sp³-hybridized carbons (Fsp3) is 0.710. The molecule has 0 spiro atoms. The molecule has 0 aliphatic rings. The Labute approximate surface area is 215 Å². The smallest absolute Gasteiger partial charge is 0.330 e. The van der Waals surface area contributed by atoms with Crippen LogP contribution in [0.1, 0.15) is 141 Å². The van der Waals surface area contributed by atoms with Crippen molar-refractivity contribution >= 4 is 12.0 Å². The predicted octanol–water partition coefficient (Wildman–Crippen LogP) is 9.48. The summed E-state index contributed by atoms with van der Waals surface area (Å²) < 4.78 is 5.22. The fourth-order valence-corrected chi connectivity index (χ4v) is 4.39. The monoisotopic (exact) mass is 488 g/mol. The number of carbonyl (C=O) groups excluding carboxylic acids is 1. The molecule has 0 radical (unpaired) electrons. The van der Waals surface area contributed by atoms with Gasteiger partial charge < -0.3 is 14.9 Å². The number of rotatable bonds is 23. The van der Waals surface area contributed by atoms with E-state index in [2.05, 4.69) is 6.92 Å². The van der Waals surface area contributed by atoms with E-state index in [1.165, 1.54) is 134 Å². The third-order valence-electron chi connectivity index (χ3n) is 6.65. The molecule has 0 saturated carbocycles. The van der Waals surface area contributed by atoms with Gasteiger partial charge in [0.15, 0.2) is 11.5 Å². The van der Waals surface area contributed by atoms with Crippen molar-refractivity contribution in [2.24, 2.45) is 0 Å². The highest BCUT2D eigenvalue weighted by atomic mass is 16.5. The Balaban J connectivity index is 1.79. The second-order valence-corrected chi connectivity index (χ2v) is 9.97. The van der Waals surface area contributed by atoms with Crippen LogP contribution in [0.4, 0.5) is 0 Å². The summed E-state index contributed by atoms with van der Waals surface area (Å²) in [5, 5.41) is 18.7. The van der Waals surface area contributed by atoms with E-state index < -0.39 is 0 Å². The van der Waals surface area contributed by atoms with E-state index >= 15 is 0 Å². The van der Waals surface area contributed by atoms with Crippen molar-refractivity contribution in [1.82, 2.24) is 0 Å². The van der Waals surface area contributed by atoms with Gasteiger partial charge in [0, 0.05) is 6.08 Å². The largest absolute Gasteiger partial charge is 0.504 e. The SMILES string of the molecule is CCCCCCCCCCCCCCCCCCCCCCOC(=O)/C=C\c1ccc(O)c(O)c1. The van der Waals surface area contributed by atoms with Crippen LogP contribution in [0, 0.1) is 0 Å². The lowest BCUT2D eigenvalue weighted by Crippen LogP contribution is -2.02. The first kappa shape index (κ1) is 31.1. The summed E-state index contributed by atoms with van der Waals surface area (Å²) in [7, 11) is 0. The standard InChI is InChI=1S/C31H52O4/c1-2-3-4-5-6-7-8-9-10-11-12-13-14-15-16-17-18-19-20-21-26-35-31(34)25-23-28-22-24-29(32)30(33)27-28/h22-25,27,32-33H,2-21,26H2,1H3/b25-23-. The molecule has 35 heavy (non-hydrogen) atoms. The van der Waals surface area contributed by atoms with E-state index in [1.807, 2.05) is 0 Å². The summed E-state index contributed by atoms with van der Waals surface area (Å²) in [6.07, 6.45) is 29.9. The summed E-state index contributed by atoms with van der Waals surface area (Å²) in [6, 6.07) is 4.41. The molecular weight excluding hydrogens is 436 g/mol. The number of ether oxygens (including phenoxy) is 1. The molecule has 0 fully saturated rings. The van der Waals surface area contributed by atoms with Crippen LogP contribution in [0.5, 0.6) is 11.5 Å². The van der Waals surface area contributed by atoms with Gasteiger partial charge in [-0.2, -0.15) is 0 Å². The van der Waals surface area contributed by atoms with Gasteiger partial charge in [-0.25, -0.2) is 4.79 Å². The van der Waals surface area contributed by atoms with Gasteiger partial charge in [0.2, 0.25) is 0 Å². The molecule has 200 valence electrons. The Morgan fingerprint density at radius 3 is 1.51 bits per heavy atom. The Morgan fingerprint density at radius 1 is 0.657 bits per heavy atom. The van der Waals surface area contributed by atoms with Crippen LogP contribution >= 0.6 is 0 Å². The molecule has 0 atom stereocenters. The van der Waals surface area contributed by atoms with Gasteiger partial charge in [0.1, 0.15) is 0 Å². The molecular formula is C31H52O4.